The van der Waals surface area contributed by atoms with Crippen LogP contribution in [-0.2, 0) is 9.47 Å². The quantitative estimate of drug-likeness (QED) is 0.357. The Morgan fingerprint density at radius 1 is 1.41 bits per heavy atom. The van der Waals surface area contributed by atoms with Gasteiger partial charge in [0.1, 0.15) is 11.6 Å². The maximum atomic E-state index is 12.2. The molecule has 27 heavy (non-hydrogen) atoms. The van der Waals surface area contributed by atoms with Gasteiger partial charge in [-0.3, -0.25) is 10.3 Å². The number of allylic oxidation sites excluding steroid dienone is 2. The van der Waals surface area contributed by atoms with Crippen molar-refractivity contribution in [2.75, 3.05) is 40.7 Å². The Labute approximate surface area is 166 Å². The van der Waals surface area contributed by atoms with Gasteiger partial charge in [0.05, 0.1) is 24.4 Å². The fourth-order valence-electron chi connectivity index (χ4n) is 2.46. The molecule has 0 aliphatic carbocycles. The van der Waals surface area contributed by atoms with Gasteiger partial charge in [-0.2, -0.15) is 0 Å². The minimum absolute atomic E-state index is 0.182. The second-order valence-electron chi connectivity index (χ2n) is 6.03. The number of nitrogens with zero attached hydrogens (tertiary/aromatic N) is 2. The summed E-state index contributed by atoms with van der Waals surface area (Å²) in [4.78, 5) is 20.8. The molecular formula is C19H30N4O3S. The summed E-state index contributed by atoms with van der Waals surface area (Å²) in [6, 6.07) is -0.328. The number of methoxy groups -OCH3 is 2. The molecule has 1 rings (SSSR count). The molecule has 1 aliphatic rings. The van der Waals surface area contributed by atoms with Crippen LogP contribution in [0.25, 0.3) is 0 Å². The predicted octanol–water partition coefficient (Wildman–Crippen LogP) is 3.12. The van der Waals surface area contributed by atoms with Gasteiger partial charge in [-0.15, -0.1) is 11.8 Å². The van der Waals surface area contributed by atoms with Gasteiger partial charge in [-0.1, -0.05) is 20.1 Å². The molecular weight excluding hydrogens is 364 g/mol. The van der Waals surface area contributed by atoms with Crippen molar-refractivity contribution in [1.82, 2.24) is 10.6 Å². The molecule has 1 unspecified atom stereocenters. The Bertz CT molecular complexity index is 668. The number of ether oxygens (including phenoxy) is 2. The third-order valence-corrected chi connectivity index (χ3v) is 5.06. The predicted molar refractivity (Wildman–Crippen MR) is 113 cm³/mol. The number of thioether (sulfide) groups is 1. The first-order valence-corrected chi connectivity index (χ1v) is 9.86. The van der Waals surface area contributed by atoms with Crippen molar-refractivity contribution < 1.29 is 14.3 Å². The van der Waals surface area contributed by atoms with E-state index in [0.29, 0.717) is 31.2 Å². The van der Waals surface area contributed by atoms with Crippen LogP contribution in [-0.4, -0.2) is 57.6 Å². The van der Waals surface area contributed by atoms with E-state index in [2.05, 4.69) is 40.7 Å². The maximum absolute atomic E-state index is 12.2. The number of hydrogen-bond acceptors (Lipinski definition) is 6. The lowest BCUT2D eigenvalue weighted by Crippen LogP contribution is -2.40. The molecule has 2 N–H and O–H groups in total. The van der Waals surface area contributed by atoms with Gasteiger partial charge < -0.3 is 14.8 Å². The second-order valence-corrected chi connectivity index (χ2v) is 6.91. The second kappa shape index (κ2) is 11.6. The van der Waals surface area contributed by atoms with Crippen molar-refractivity contribution in [3.8, 4) is 0 Å². The highest BCUT2D eigenvalue weighted by Gasteiger charge is 2.25. The Kier molecular flexibility index (Phi) is 9.88. The number of aliphatic imine (C=N–C) groups is 2. The van der Waals surface area contributed by atoms with Crippen molar-refractivity contribution in [3.05, 3.63) is 35.8 Å². The molecule has 0 saturated carbocycles. The fourth-order valence-corrected chi connectivity index (χ4v) is 2.86. The molecule has 1 heterocycles. The van der Waals surface area contributed by atoms with Crippen molar-refractivity contribution in [1.29, 1.82) is 0 Å². The van der Waals surface area contributed by atoms with E-state index >= 15 is 0 Å². The molecule has 0 saturated heterocycles. The van der Waals surface area contributed by atoms with Crippen molar-refractivity contribution >= 4 is 28.7 Å². The molecule has 0 aromatic rings. The standard InChI is InChI=1S/C19H30N4O3S/c1-12(8-9-25-5)13(2)18-15(14(3)26-6)10-16(22-18)23-19(24)21-11-17(20-4)27-7/h12H,2-3,8-11H2,1,4-7H3,(H2,21,22,23,24). The highest BCUT2D eigenvalue weighted by atomic mass is 32.2. The van der Waals surface area contributed by atoms with Crippen molar-refractivity contribution in [2.45, 2.75) is 19.8 Å². The van der Waals surface area contributed by atoms with Crippen LogP contribution in [0.4, 0.5) is 4.79 Å². The smallest absolute Gasteiger partial charge is 0.320 e. The van der Waals surface area contributed by atoms with Crippen LogP contribution >= 0.6 is 11.8 Å². The minimum Gasteiger partial charge on any atom is -0.497 e. The molecule has 0 spiro atoms. The van der Waals surface area contributed by atoms with Gasteiger partial charge in [0.25, 0.3) is 0 Å². The van der Waals surface area contributed by atoms with Gasteiger partial charge in [0, 0.05) is 32.8 Å². The summed E-state index contributed by atoms with van der Waals surface area (Å²) in [5.74, 6) is 1.24. The molecule has 0 bridgehead atoms. The summed E-state index contributed by atoms with van der Waals surface area (Å²) in [5.41, 5.74) is 2.43. The van der Waals surface area contributed by atoms with Gasteiger partial charge in [0.15, 0.2) is 0 Å². The van der Waals surface area contributed by atoms with E-state index in [1.165, 1.54) is 11.8 Å². The molecule has 0 radical (unpaired) electrons. The number of rotatable bonds is 9. The first-order valence-electron chi connectivity index (χ1n) is 8.64. The summed E-state index contributed by atoms with van der Waals surface area (Å²) < 4.78 is 10.4. The van der Waals surface area contributed by atoms with Crippen molar-refractivity contribution in [2.24, 2.45) is 15.9 Å². The summed E-state index contributed by atoms with van der Waals surface area (Å²) in [6.45, 7) is 11.2. The van der Waals surface area contributed by atoms with Crippen LogP contribution in [0.5, 0.6) is 0 Å². The summed E-state index contributed by atoms with van der Waals surface area (Å²) in [7, 11) is 4.94. The minimum atomic E-state index is -0.328. The molecule has 0 aromatic carbocycles. The van der Waals surface area contributed by atoms with E-state index in [9.17, 15) is 4.79 Å². The van der Waals surface area contributed by atoms with Crippen LogP contribution in [0.15, 0.2) is 45.7 Å². The van der Waals surface area contributed by atoms with E-state index in [4.69, 9.17) is 9.47 Å². The van der Waals surface area contributed by atoms with E-state index in [-0.39, 0.29) is 11.9 Å². The number of carbonyl (C=O) groups is 1. The average molecular weight is 395 g/mol. The van der Waals surface area contributed by atoms with Crippen LogP contribution in [0, 0.1) is 5.92 Å². The van der Waals surface area contributed by atoms with E-state index < -0.39 is 0 Å². The fraction of sp³-hybridized carbons (Fsp3) is 0.526. The summed E-state index contributed by atoms with van der Waals surface area (Å²) >= 11 is 1.49. The Balaban J connectivity index is 2.84. The molecule has 0 fully saturated rings. The zero-order valence-corrected chi connectivity index (χ0v) is 17.7. The van der Waals surface area contributed by atoms with Gasteiger partial charge in [-0.25, -0.2) is 9.79 Å². The number of carbonyl (C=O) groups excluding carboxylic acids is 1. The number of nitrogens with one attached hydrogen (secondary N) is 2. The summed E-state index contributed by atoms with van der Waals surface area (Å²) in [5, 5.41) is 6.40. The third kappa shape index (κ3) is 6.88. The molecule has 2 amide bonds. The zero-order chi connectivity index (χ0) is 20.4. The first kappa shape index (κ1) is 23.0. The lowest BCUT2D eigenvalue weighted by Gasteiger charge is -2.16. The maximum Gasteiger partial charge on any atom is 0.320 e. The first-order chi connectivity index (χ1) is 12.9. The van der Waals surface area contributed by atoms with Crippen LogP contribution in [0.3, 0.4) is 0 Å². The number of amidine groups is 1. The topological polar surface area (TPSA) is 84.3 Å². The molecule has 1 atom stereocenters. The highest BCUT2D eigenvalue weighted by Crippen LogP contribution is 2.33. The van der Waals surface area contributed by atoms with E-state index in [1.807, 2.05) is 6.26 Å². The van der Waals surface area contributed by atoms with E-state index in [0.717, 1.165) is 28.3 Å². The number of urea groups is 1. The summed E-state index contributed by atoms with van der Waals surface area (Å²) in [6.07, 6.45) is 3.18. The number of hydrogen-bond donors (Lipinski definition) is 2. The van der Waals surface area contributed by atoms with Crippen LogP contribution < -0.4 is 10.6 Å². The third-order valence-electron chi connectivity index (χ3n) is 4.26. The SMILES string of the molecule is C=C(OC)C1=C(C(=C)C(C)CCOC)N=C(NC(=O)NCC(=NC)SC)C1. The normalized spacial score (nSPS) is 15.3. The molecule has 8 heteroatoms. The highest BCUT2D eigenvalue weighted by molar-refractivity contribution is 8.13. The average Bonchev–Trinajstić information content (AvgIpc) is 3.09. The van der Waals surface area contributed by atoms with Gasteiger partial charge in [0.2, 0.25) is 0 Å². The Morgan fingerprint density at radius 2 is 2.11 bits per heavy atom. The van der Waals surface area contributed by atoms with Crippen LogP contribution in [0.1, 0.15) is 19.8 Å². The molecule has 1 aliphatic heterocycles. The lowest BCUT2D eigenvalue weighted by molar-refractivity contribution is 0.185. The Hall–Kier alpha value is -2.06. The largest absolute Gasteiger partial charge is 0.497 e. The number of amides is 2. The van der Waals surface area contributed by atoms with Crippen molar-refractivity contribution in [3.63, 3.8) is 0 Å². The van der Waals surface area contributed by atoms with Gasteiger partial charge in [-0.05, 0) is 24.2 Å². The molecule has 150 valence electrons. The molecule has 7 nitrogen and oxygen atoms in total. The lowest BCUT2D eigenvalue weighted by atomic mass is 9.94. The zero-order valence-electron chi connectivity index (χ0n) is 16.8. The monoisotopic (exact) mass is 394 g/mol. The van der Waals surface area contributed by atoms with Gasteiger partial charge >= 0.3 is 6.03 Å². The molecule has 0 aromatic heterocycles. The Morgan fingerprint density at radius 3 is 2.67 bits per heavy atom. The van der Waals surface area contributed by atoms with Crippen LogP contribution in [0.2, 0.25) is 0 Å². The van der Waals surface area contributed by atoms with E-state index in [1.54, 1.807) is 21.3 Å².